The van der Waals surface area contributed by atoms with Crippen molar-refractivity contribution in [1.29, 1.82) is 0 Å². The Morgan fingerprint density at radius 2 is 2.25 bits per heavy atom. The van der Waals surface area contributed by atoms with Gasteiger partial charge < -0.3 is 5.11 Å². The molecule has 0 spiro atoms. The van der Waals surface area contributed by atoms with Crippen LogP contribution in [0.5, 0.6) is 0 Å². The van der Waals surface area contributed by atoms with Crippen molar-refractivity contribution in [2.45, 2.75) is 32.8 Å². The van der Waals surface area contributed by atoms with Crippen LogP contribution in [0.2, 0.25) is 0 Å². The predicted molar refractivity (Wildman–Crippen MR) is 35.7 cm³/mol. The number of hydrogen-bond donors (Lipinski definition) is 1. The van der Waals surface area contributed by atoms with E-state index in [1.165, 1.54) is 0 Å². The van der Waals surface area contributed by atoms with Gasteiger partial charge in [0, 0.05) is 0 Å². The maximum absolute atomic E-state index is 8.69. The van der Waals surface area contributed by atoms with E-state index in [2.05, 4.69) is 6.92 Å². The molecule has 0 bridgehead atoms. The molecule has 0 aliphatic rings. The van der Waals surface area contributed by atoms with Gasteiger partial charge in [0.2, 0.25) is 0 Å². The van der Waals surface area contributed by atoms with Gasteiger partial charge in [0.1, 0.15) is 0 Å². The van der Waals surface area contributed by atoms with Crippen LogP contribution in [0.3, 0.4) is 0 Å². The molecule has 0 saturated carbocycles. The molecule has 1 atom stereocenters. The minimum Gasteiger partial charge on any atom is -0.389 e. The van der Waals surface area contributed by atoms with E-state index < -0.39 is 0 Å². The predicted octanol–water partition coefficient (Wildman–Crippen LogP) is 1.72. The molecule has 0 aliphatic carbocycles. The van der Waals surface area contributed by atoms with Gasteiger partial charge in [0.25, 0.3) is 0 Å². The summed E-state index contributed by atoms with van der Waals surface area (Å²) in [7, 11) is 0. The lowest BCUT2D eigenvalue weighted by atomic mass is 10.3. The molecule has 0 amide bonds. The highest BCUT2D eigenvalue weighted by Crippen LogP contribution is 1.90. The van der Waals surface area contributed by atoms with E-state index in [1.807, 2.05) is 12.2 Å². The normalized spacial score (nSPS) is 14.9. The maximum atomic E-state index is 8.69. The van der Waals surface area contributed by atoms with Crippen molar-refractivity contribution >= 4 is 0 Å². The first-order valence-corrected chi connectivity index (χ1v) is 3.12. The molecule has 0 aliphatic heterocycles. The van der Waals surface area contributed by atoms with Crippen LogP contribution in [-0.2, 0) is 0 Å². The van der Waals surface area contributed by atoms with Crippen LogP contribution < -0.4 is 0 Å². The number of aliphatic hydroxyl groups excluding tert-OH is 1. The highest BCUT2D eigenvalue weighted by atomic mass is 16.3. The van der Waals surface area contributed by atoms with Gasteiger partial charge in [-0.2, -0.15) is 0 Å². The molecule has 0 unspecified atom stereocenters. The quantitative estimate of drug-likeness (QED) is 0.554. The number of aliphatic hydroxyl groups is 1. The first kappa shape index (κ1) is 7.70. The molecule has 8 heavy (non-hydrogen) atoms. The van der Waals surface area contributed by atoms with E-state index in [0.29, 0.717) is 0 Å². The second-order valence-electron chi connectivity index (χ2n) is 1.96. The average molecular weight is 114 g/mol. The number of rotatable bonds is 3. The fourth-order valence-corrected chi connectivity index (χ4v) is 0.460. The summed E-state index contributed by atoms with van der Waals surface area (Å²) in [4.78, 5) is 0. The van der Waals surface area contributed by atoms with Crippen molar-refractivity contribution in [3.8, 4) is 0 Å². The molecule has 0 heterocycles. The molecule has 0 radical (unpaired) electrons. The Morgan fingerprint density at radius 1 is 1.62 bits per heavy atom. The van der Waals surface area contributed by atoms with Crippen LogP contribution in [0, 0.1) is 0 Å². The summed E-state index contributed by atoms with van der Waals surface area (Å²) >= 11 is 0. The highest BCUT2D eigenvalue weighted by Gasteiger charge is 1.81. The zero-order chi connectivity index (χ0) is 6.41. The first-order valence-electron chi connectivity index (χ1n) is 3.12. The lowest BCUT2D eigenvalue weighted by Gasteiger charge is -1.90. The molecular formula is C7H14O. The maximum Gasteiger partial charge on any atom is 0.0692 e. The monoisotopic (exact) mass is 114 g/mol. The molecule has 0 rings (SSSR count). The zero-order valence-corrected chi connectivity index (χ0v) is 5.59. The van der Waals surface area contributed by atoms with Crippen LogP contribution in [-0.4, -0.2) is 11.2 Å². The highest BCUT2D eigenvalue weighted by molar-refractivity contribution is 4.85. The van der Waals surface area contributed by atoms with Crippen molar-refractivity contribution in [2.24, 2.45) is 0 Å². The van der Waals surface area contributed by atoms with Crippen molar-refractivity contribution in [1.82, 2.24) is 0 Å². The van der Waals surface area contributed by atoms with Crippen LogP contribution in [0.25, 0.3) is 0 Å². The molecular weight excluding hydrogens is 100 g/mol. The van der Waals surface area contributed by atoms with E-state index >= 15 is 0 Å². The largest absolute Gasteiger partial charge is 0.389 e. The smallest absolute Gasteiger partial charge is 0.0692 e. The van der Waals surface area contributed by atoms with Crippen molar-refractivity contribution in [3.63, 3.8) is 0 Å². The summed E-state index contributed by atoms with van der Waals surface area (Å²) in [5.74, 6) is 0. The molecule has 0 aromatic carbocycles. The lowest BCUT2D eigenvalue weighted by molar-refractivity contribution is 0.244. The second kappa shape index (κ2) is 4.85. The minimum atomic E-state index is -0.276. The van der Waals surface area contributed by atoms with Gasteiger partial charge in [-0.1, -0.05) is 25.5 Å². The fraction of sp³-hybridized carbons (Fsp3) is 0.714. The van der Waals surface area contributed by atoms with E-state index in [9.17, 15) is 0 Å². The minimum absolute atomic E-state index is 0.276. The van der Waals surface area contributed by atoms with Gasteiger partial charge in [-0.3, -0.25) is 0 Å². The number of unbranched alkanes of at least 4 members (excludes halogenated alkanes) is 1. The zero-order valence-electron chi connectivity index (χ0n) is 5.59. The van der Waals surface area contributed by atoms with Gasteiger partial charge in [0.15, 0.2) is 0 Å². The summed E-state index contributed by atoms with van der Waals surface area (Å²) in [6.07, 6.45) is 5.77. The third-order valence-corrected chi connectivity index (χ3v) is 0.870. The molecule has 1 N–H and O–H groups in total. The van der Waals surface area contributed by atoms with Crippen molar-refractivity contribution in [2.75, 3.05) is 0 Å². The van der Waals surface area contributed by atoms with E-state index in [0.717, 1.165) is 12.8 Å². The number of hydrogen-bond acceptors (Lipinski definition) is 1. The average Bonchev–Trinajstić information content (AvgIpc) is 1.66. The fourth-order valence-electron chi connectivity index (χ4n) is 0.460. The van der Waals surface area contributed by atoms with Crippen LogP contribution in [0.1, 0.15) is 26.7 Å². The van der Waals surface area contributed by atoms with Crippen LogP contribution in [0.15, 0.2) is 12.2 Å². The van der Waals surface area contributed by atoms with Gasteiger partial charge in [-0.15, -0.1) is 0 Å². The Morgan fingerprint density at radius 3 is 2.62 bits per heavy atom. The second-order valence-corrected chi connectivity index (χ2v) is 1.96. The lowest BCUT2D eigenvalue weighted by Crippen LogP contribution is -1.90. The van der Waals surface area contributed by atoms with Crippen LogP contribution >= 0.6 is 0 Å². The summed E-state index contributed by atoms with van der Waals surface area (Å²) in [5.41, 5.74) is 0. The molecule has 0 aromatic heterocycles. The third-order valence-electron chi connectivity index (χ3n) is 0.870. The Kier molecular flexibility index (Phi) is 4.67. The Bertz CT molecular complexity index is 64.8. The third kappa shape index (κ3) is 5.70. The molecule has 1 heteroatoms. The Balaban J connectivity index is 3.07. The Hall–Kier alpha value is -0.300. The van der Waals surface area contributed by atoms with Crippen molar-refractivity contribution in [3.05, 3.63) is 12.2 Å². The van der Waals surface area contributed by atoms with Gasteiger partial charge >= 0.3 is 0 Å². The van der Waals surface area contributed by atoms with E-state index in [-0.39, 0.29) is 6.10 Å². The summed E-state index contributed by atoms with van der Waals surface area (Å²) < 4.78 is 0. The Labute approximate surface area is 51.0 Å². The first-order chi connectivity index (χ1) is 3.77. The van der Waals surface area contributed by atoms with Crippen LogP contribution in [0.4, 0.5) is 0 Å². The van der Waals surface area contributed by atoms with Gasteiger partial charge in [-0.25, -0.2) is 0 Å². The SMILES string of the molecule is CCC/C=C/[C@H](C)O. The summed E-state index contributed by atoms with van der Waals surface area (Å²) in [5, 5.41) is 8.69. The summed E-state index contributed by atoms with van der Waals surface area (Å²) in [6, 6.07) is 0. The van der Waals surface area contributed by atoms with Crippen molar-refractivity contribution < 1.29 is 5.11 Å². The topological polar surface area (TPSA) is 20.2 Å². The molecule has 1 nitrogen and oxygen atoms in total. The molecule has 0 saturated heterocycles. The standard InChI is InChI=1S/C7H14O/c1-3-4-5-6-7(2)8/h5-8H,3-4H2,1-2H3/b6-5+/t7-/m0/s1. The van der Waals surface area contributed by atoms with E-state index in [4.69, 9.17) is 5.11 Å². The number of allylic oxidation sites excluding steroid dienone is 1. The molecule has 0 fully saturated rings. The summed E-state index contributed by atoms with van der Waals surface area (Å²) in [6.45, 7) is 3.87. The van der Waals surface area contributed by atoms with E-state index in [1.54, 1.807) is 6.92 Å². The van der Waals surface area contributed by atoms with Gasteiger partial charge in [-0.05, 0) is 13.3 Å². The molecule has 48 valence electrons. The van der Waals surface area contributed by atoms with Gasteiger partial charge in [0.05, 0.1) is 6.10 Å². The molecule has 0 aromatic rings.